The van der Waals surface area contributed by atoms with E-state index in [9.17, 15) is 9.50 Å². The molecule has 2 nitrogen and oxygen atoms in total. The van der Waals surface area contributed by atoms with Crippen molar-refractivity contribution in [2.75, 3.05) is 6.61 Å². The number of ether oxygens (including phenoxy) is 1. The first-order valence-electron chi connectivity index (χ1n) is 4.16. The van der Waals surface area contributed by atoms with Crippen molar-refractivity contribution in [3.05, 3.63) is 23.5 Å². The fraction of sp³-hybridized carbons (Fsp3) is 0.400. The summed E-state index contributed by atoms with van der Waals surface area (Å²) in [7, 11) is 0. The smallest absolute Gasteiger partial charge is 0.169 e. The van der Waals surface area contributed by atoms with E-state index in [1.54, 1.807) is 6.07 Å². The molecule has 0 bridgehead atoms. The lowest BCUT2D eigenvalue weighted by molar-refractivity contribution is 0.282. The van der Waals surface area contributed by atoms with Crippen molar-refractivity contribution in [1.29, 1.82) is 0 Å². The minimum atomic E-state index is -0.486. The number of phenolic OH excluding ortho intramolecular Hbond substituents is 1. The lowest BCUT2D eigenvalue weighted by Crippen LogP contribution is -2.18. The Morgan fingerprint density at radius 2 is 2.15 bits per heavy atom. The molecule has 1 aromatic rings. The number of hydrogen-bond acceptors (Lipinski definition) is 2. The highest BCUT2D eigenvalue weighted by Gasteiger charge is 2.34. The van der Waals surface area contributed by atoms with Crippen LogP contribution in [0.1, 0.15) is 19.4 Å². The standard InChI is InChI=1S/C10H11FO2/c1-10(2)5-13-9-7(10)3-6(12)4-8(9)11/h3-4,12H,5H2,1-2H3. The average molecular weight is 182 g/mol. The second-order valence-corrected chi connectivity index (χ2v) is 3.98. The van der Waals surface area contributed by atoms with Crippen LogP contribution in [0.2, 0.25) is 0 Å². The minimum absolute atomic E-state index is 0.0465. The maximum Gasteiger partial charge on any atom is 0.169 e. The van der Waals surface area contributed by atoms with Gasteiger partial charge in [0.05, 0.1) is 6.61 Å². The second kappa shape index (κ2) is 2.37. The number of aromatic hydroxyl groups is 1. The van der Waals surface area contributed by atoms with E-state index in [4.69, 9.17) is 4.74 Å². The van der Waals surface area contributed by atoms with Crippen molar-refractivity contribution in [1.82, 2.24) is 0 Å². The molecule has 0 saturated carbocycles. The minimum Gasteiger partial charge on any atom is -0.508 e. The van der Waals surface area contributed by atoms with Crippen molar-refractivity contribution in [2.24, 2.45) is 0 Å². The van der Waals surface area contributed by atoms with E-state index < -0.39 is 5.82 Å². The normalized spacial score (nSPS) is 18.1. The van der Waals surface area contributed by atoms with Crippen LogP contribution in [0, 0.1) is 5.82 Å². The molecule has 3 heteroatoms. The zero-order valence-corrected chi connectivity index (χ0v) is 7.60. The van der Waals surface area contributed by atoms with E-state index in [0.29, 0.717) is 6.61 Å². The average Bonchev–Trinajstić information content (AvgIpc) is 2.28. The summed E-state index contributed by atoms with van der Waals surface area (Å²) in [5, 5.41) is 9.21. The van der Waals surface area contributed by atoms with Gasteiger partial charge < -0.3 is 9.84 Å². The highest BCUT2D eigenvalue weighted by Crippen LogP contribution is 2.41. The number of halogens is 1. The van der Waals surface area contributed by atoms with Gasteiger partial charge in [-0.2, -0.15) is 0 Å². The summed E-state index contributed by atoms with van der Waals surface area (Å²) in [6.07, 6.45) is 0. The van der Waals surface area contributed by atoms with Gasteiger partial charge in [-0.3, -0.25) is 0 Å². The molecule has 2 rings (SSSR count). The van der Waals surface area contributed by atoms with Gasteiger partial charge in [-0.05, 0) is 6.07 Å². The third-order valence-electron chi connectivity index (χ3n) is 2.33. The van der Waals surface area contributed by atoms with Crippen molar-refractivity contribution in [3.63, 3.8) is 0 Å². The first-order chi connectivity index (χ1) is 6.00. The Bertz CT molecular complexity index is 358. The summed E-state index contributed by atoms with van der Waals surface area (Å²) in [6, 6.07) is 2.63. The summed E-state index contributed by atoms with van der Waals surface area (Å²) < 4.78 is 18.4. The van der Waals surface area contributed by atoms with Gasteiger partial charge in [0.25, 0.3) is 0 Å². The van der Waals surface area contributed by atoms with Gasteiger partial charge in [-0.1, -0.05) is 13.8 Å². The van der Waals surface area contributed by atoms with Crippen LogP contribution < -0.4 is 4.74 Å². The Hall–Kier alpha value is -1.25. The van der Waals surface area contributed by atoms with Crippen molar-refractivity contribution < 1.29 is 14.2 Å². The summed E-state index contributed by atoms with van der Waals surface area (Å²) in [6.45, 7) is 4.37. The van der Waals surface area contributed by atoms with Crippen LogP contribution in [0.4, 0.5) is 4.39 Å². The molecule has 1 aromatic carbocycles. The zero-order chi connectivity index (χ0) is 9.64. The van der Waals surface area contributed by atoms with Crippen LogP contribution in [0.5, 0.6) is 11.5 Å². The SMILES string of the molecule is CC1(C)COc2c(F)cc(O)cc21. The number of fused-ring (bicyclic) bond motifs is 1. The first-order valence-corrected chi connectivity index (χ1v) is 4.16. The van der Waals surface area contributed by atoms with Crippen LogP contribution in [-0.4, -0.2) is 11.7 Å². The number of benzene rings is 1. The van der Waals surface area contributed by atoms with E-state index in [2.05, 4.69) is 0 Å². The highest BCUT2D eigenvalue weighted by atomic mass is 19.1. The Kier molecular flexibility index (Phi) is 1.53. The van der Waals surface area contributed by atoms with Crippen LogP contribution in [0.25, 0.3) is 0 Å². The van der Waals surface area contributed by atoms with Crippen molar-refractivity contribution >= 4 is 0 Å². The fourth-order valence-corrected chi connectivity index (χ4v) is 1.56. The molecule has 0 unspecified atom stereocenters. The molecule has 13 heavy (non-hydrogen) atoms. The highest BCUT2D eigenvalue weighted by molar-refractivity contribution is 5.47. The maximum absolute atomic E-state index is 13.2. The number of rotatable bonds is 0. The van der Waals surface area contributed by atoms with E-state index in [-0.39, 0.29) is 16.9 Å². The molecule has 70 valence electrons. The molecule has 1 aliphatic rings. The van der Waals surface area contributed by atoms with Crippen LogP contribution in [0.3, 0.4) is 0 Å². The molecule has 0 amide bonds. The fourth-order valence-electron chi connectivity index (χ4n) is 1.56. The van der Waals surface area contributed by atoms with Gasteiger partial charge in [0.1, 0.15) is 5.75 Å². The summed E-state index contributed by atoms with van der Waals surface area (Å²) in [4.78, 5) is 0. The van der Waals surface area contributed by atoms with Gasteiger partial charge in [0, 0.05) is 17.0 Å². The largest absolute Gasteiger partial charge is 0.508 e. The number of hydrogen-bond donors (Lipinski definition) is 1. The van der Waals surface area contributed by atoms with Crippen molar-refractivity contribution in [3.8, 4) is 11.5 Å². The predicted molar refractivity (Wildman–Crippen MR) is 46.6 cm³/mol. The molecule has 0 spiro atoms. The van der Waals surface area contributed by atoms with Crippen LogP contribution in [-0.2, 0) is 5.41 Å². The molecule has 1 aliphatic heterocycles. The number of phenols is 1. The molecule has 0 fully saturated rings. The molecule has 0 aliphatic carbocycles. The Labute approximate surface area is 76.0 Å². The Morgan fingerprint density at radius 1 is 1.46 bits per heavy atom. The van der Waals surface area contributed by atoms with Gasteiger partial charge >= 0.3 is 0 Å². The Morgan fingerprint density at radius 3 is 2.85 bits per heavy atom. The lowest BCUT2D eigenvalue weighted by Gasteiger charge is -2.14. The molecule has 0 saturated heterocycles. The molecule has 0 atom stereocenters. The van der Waals surface area contributed by atoms with E-state index in [1.165, 1.54) is 0 Å². The third-order valence-corrected chi connectivity index (χ3v) is 2.33. The molecule has 0 radical (unpaired) electrons. The lowest BCUT2D eigenvalue weighted by atomic mass is 9.87. The topological polar surface area (TPSA) is 29.5 Å². The van der Waals surface area contributed by atoms with Gasteiger partial charge in [-0.15, -0.1) is 0 Å². The maximum atomic E-state index is 13.2. The van der Waals surface area contributed by atoms with E-state index in [1.807, 2.05) is 13.8 Å². The van der Waals surface area contributed by atoms with Gasteiger partial charge in [0.15, 0.2) is 11.6 Å². The zero-order valence-electron chi connectivity index (χ0n) is 7.60. The van der Waals surface area contributed by atoms with Gasteiger partial charge in [0.2, 0.25) is 0 Å². The van der Waals surface area contributed by atoms with E-state index in [0.717, 1.165) is 11.6 Å². The summed E-state index contributed by atoms with van der Waals surface area (Å²) in [5.41, 5.74) is 0.527. The molecular weight excluding hydrogens is 171 g/mol. The van der Waals surface area contributed by atoms with Crippen LogP contribution in [0.15, 0.2) is 12.1 Å². The monoisotopic (exact) mass is 182 g/mol. The second-order valence-electron chi connectivity index (χ2n) is 3.98. The third kappa shape index (κ3) is 1.15. The molecule has 1 N–H and O–H groups in total. The predicted octanol–water partition coefficient (Wildman–Crippen LogP) is 2.20. The van der Waals surface area contributed by atoms with Crippen LogP contribution >= 0.6 is 0 Å². The quantitative estimate of drug-likeness (QED) is 0.666. The van der Waals surface area contributed by atoms with Crippen molar-refractivity contribution in [2.45, 2.75) is 19.3 Å². The summed E-state index contributed by atoms with van der Waals surface area (Å²) >= 11 is 0. The molecular formula is C10H11FO2. The Balaban J connectivity index is 2.65. The molecule has 1 heterocycles. The molecule has 0 aromatic heterocycles. The summed E-state index contributed by atoms with van der Waals surface area (Å²) in [5.74, 6) is -0.252. The first kappa shape index (κ1) is 8.35. The van der Waals surface area contributed by atoms with E-state index >= 15 is 0 Å². The van der Waals surface area contributed by atoms with Gasteiger partial charge in [-0.25, -0.2) is 4.39 Å².